The van der Waals surface area contributed by atoms with E-state index in [0.29, 0.717) is 38.3 Å². The molecule has 4 rings (SSSR count). The molecular formula is C28H37N3O3. The van der Waals surface area contributed by atoms with Gasteiger partial charge in [-0.1, -0.05) is 49.7 Å². The van der Waals surface area contributed by atoms with Crippen molar-refractivity contribution in [2.45, 2.75) is 59.2 Å². The summed E-state index contributed by atoms with van der Waals surface area (Å²) in [4.78, 5) is 2.35. The van der Waals surface area contributed by atoms with Gasteiger partial charge in [-0.25, -0.2) is 4.68 Å². The van der Waals surface area contributed by atoms with Crippen LogP contribution in [0.5, 0.6) is 11.6 Å². The highest BCUT2D eigenvalue weighted by Crippen LogP contribution is 2.35. The molecule has 0 amide bonds. The van der Waals surface area contributed by atoms with E-state index in [2.05, 4.69) is 37.8 Å². The van der Waals surface area contributed by atoms with Crippen LogP contribution < -0.4 is 4.74 Å². The number of aliphatic hydroxyl groups is 1. The first kappa shape index (κ1) is 24.5. The van der Waals surface area contributed by atoms with Crippen LogP contribution in [0.15, 0.2) is 54.6 Å². The first-order chi connectivity index (χ1) is 16.4. The number of para-hydroxylation sites is 1. The van der Waals surface area contributed by atoms with Crippen LogP contribution in [0.2, 0.25) is 0 Å². The molecule has 0 saturated heterocycles. The van der Waals surface area contributed by atoms with Crippen LogP contribution in [0.25, 0.3) is 5.69 Å². The number of hydrogen-bond donors (Lipinski definition) is 1. The maximum absolute atomic E-state index is 10.7. The molecule has 6 heteroatoms. The third-order valence-electron chi connectivity index (χ3n) is 6.00. The molecule has 1 unspecified atom stereocenters. The summed E-state index contributed by atoms with van der Waals surface area (Å²) in [6.07, 6.45) is 1.78. The smallest absolute Gasteiger partial charge is 0.227 e. The number of aromatic nitrogens is 2. The monoisotopic (exact) mass is 463 g/mol. The van der Waals surface area contributed by atoms with Gasteiger partial charge in [0.15, 0.2) is 0 Å². The van der Waals surface area contributed by atoms with Gasteiger partial charge in [0.2, 0.25) is 5.88 Å². The van der Waals surface area contributed by atoms with Crippen LogP contribution in [0.4, 0.5) is 0 Å². The highest BCUT2D eigenvalue weighted by atomic mass is 16.5. The summed E-state index contributed by atoms with van der Waals surface area (Å²) >= 11 is 0. The fraction of sp³-hybridized carbons (Fsp3) is 0.464. The number of rotatable bonds is 12. The van der Waals surface area contributed by atoms with Crippen LogP contribution in [0.3, 0.4) is 0 Å². The highest BCUT2D eigenvalue weighted by molar-refractivity contribution is 5.43. The van der Waals surface area contributed by atoms with Crippen molar-refractivity contribution in [2.24, 2.45) is 5.92 Å². The lowest BCUT2D eigenvalue weighted by atomic mass is 10.2. The highest BCUT2D eigenvalue weighted by Gasteiger charge is 2.32. The molecule has 182 valence electrons. The number of aryl methyl sites for hydroxylation is 2. The third kappa shape index (κ3) is 6.47. The van der Waals surface area contributed by atoms with Crippen molar-refractivity contribution in [3.8, 4) is 17.3 Å². The Morgan fingerprint density at radius 1 is 1.03 bits per heavy atom. The van der Waals surface area contributed by atoms with E-state index in [1.165, 1.54) is 5.56 Å². The van der Waals surface area contributed by atoms with Crippen LogP contribution in [0, 0.1) is 19.8 Å². The molecule has 1 aliphatic rings. The molecule has 2 aromatic carbocycles. The number of aliphatic hydroxyl groups excluding tert-OH is 1. The van der Waals surface area contributed by atoms with E-state index in [1.54, 1.807) is 0 Å². The minimum atomic E-state index is -0.523. The van der Waals surface area contributed by atoms with Gasteiger partial charge >= 0.3 is 0 Å². The van der Waals surface area contributed by atoms with Crippen molar-refractivity contribution in [1.29, 1.82) is 0 Å². The quantitative estimate of drug-likeness (QED) is 0.396. The topological polar surface area (TPSA) is 59.8 Å². The van der Waals surface area contributed by atoms with Crippen molar-refractivity contribution in [1.82, 2.24) is 14.7 Å². The lowest BCUT2D eigenvalue weighted by Gasteiger charge is -2.25. The Labute approximate surface area is 203 Å². The Morgan fingerprint density at radius 3 is 2.38 bits per heavy atom. The molecule has 0 radical (unpaired) electrons. The summed E-state index contributed by atoms with van der Waals surface area (Å²) in [5.41, 5.74) is 4.13. The summed E-state index contributed by atoms with van der Waals surface area (Å²) < 4.78 is 14.0. The van der Waals surface area contributed by atoms with Gasteiger partial charge in [-0.15, -0.1) is 0 Å². The van der Waals surface area contributed by atoms with Crippen molar-refractivity contribution < 1.29 is 14.6 Å². The first-order valence-corrected chi connectivity index (χ1v) is 12.3. The molecule has 1 aromatic heterocycles. The van der Waals surface area contributed by atoms with E-state index >= 15 is 0 Å². The molecule has 1 N–H and O–H groups in total. The lowest BCUT2D eigenvalue weighted by molar-refractivity contribution is 0.00536. The Kier molecular flexibility index (Phi) is 8.03. The Hall–Kier alpha value is -2.67. The Morgan fingerprint density at radius 2 is 1.74 bits per heavy atom. The summed E-state index contributed by atoms with van der Waals surface area (Å²) in [5, 5.41) is 15.5. The van der Waals surface area contributed by atoms with Crippen molar-refractivity contribution in [3.63, 3.8) is 0 Å². The number of hydrogen-bond acceptors (Lipinski definition) is 5. The zero-order valence-corrected chi connectivity index (χ0v) is 20.8. The Bertz CT molecular complexity index is 1040. The number of benzene rings is 2. The molecule has 1 saturated carbocycles. The predicted octanol–water partition coefficient (Wildman–Crippen LogP) is 5.28. The van der Waals surface area contributed by atoms with Crippen LogP contribution in [0.1, 0.15) is 43.5 Å². The average Bonchev–Trinajstić information content (AvgIpc) is 3.62. The fourth-order valence-electron chi connectivity index (χ4n) is 4.04. The van der Waals surface area contributed by atoms with Gasteiger partial charge in [-0.3, -0.25) is 4.90 Å². The average molecular weight is 464 g/mol. The van der Waals surface area contributed by atoms with E-state index < -0.39 is 6.10 Å². The van der Waals surface area contributed by atoms with Crippen molar-refractivity contribution in [2.75, 3.05) is 19.8 Å². The van der Waals surface area contributed by atoms with Gasteiger partial charge in [0.05, 0.1) is 29.7 Å². The van der Waals surface area contributed by atoms with Gasteiger partial charge in [0.25, 0.3) is 0 Å². The van der Waals surface area contributed by atoms with E-state index in [1.807, 2.05) is 54.1 Å². The van der Waals surface area contributed by atoms with Crippen molar-refractivity contribution >= 4 is 0 Å². The van der Waals surface area contributed by atoms with E-state index in [0.717, 1.165) is 41.4 Å². The second-order valence-corrected chi connectivity index (χ2v) is 9.78. The van der Waals surface area contributed by atoms with Gasteiger partial charge < -0.3 is 14.6 Å². The summed E-state index contributed by atoms with van der Waals surface area (Å²) in [7, 11) is 0. The van der Waals surface area contributed by atoms with E-state index in [-0.39, 0.29) is 0 Å². The zero-order valence-electron chi connectivity index (χ0n) is 20.8. The maximum atomic E-state index is 10.7. The Balaban J connectivity index is 1.59. The van der Waals surface area contributed by atoms with Gasteiger partial charge in [-0.05, 0) is 56.9 Å². The number of nitrogens with zero attached hydrogens (tertiary/aromatic N) is 3. The summed E-state index contributed by atoms with van der Waals surface area (Å²) in [5.74, 6) is 1.97. The molecule has 0 aliphatic heterocycles. The normalized spacial score (nSPS) is 14.7. The summed E-state index contributed by atoms with van der Waals surface area (Å²) in [6, 6.07) is 18.6. The standard InChI is InChI=1S/C28H37N3O3/c1-20(2)18-33-19-25(32)16-30(23-12-13-23)17-27-22(4)29-31(24-8-6-5-7-9-24)28(27)34-26-14-10-21(3)11-15-26/h5-11,14-15,20,23,25,32H,12-13,16-19H2,1-4H3. The molecule has 3 aromatic rings. The third-order valence-corrected chi connectivity index (χ3v) is 6.00. The van der Waals surface area contributed by atoms with Gasteiger partial charge in [0.1, 0.15) is 5.75 Å². The molecule has 1 heterocycles. The second kappa shape index (κ2) is 11.2. The largest absolute Gasteiger partial charge is 0.439 e. The molecular weight excluding hydrogens is 426 g/mol. The summed E-state index contributed by atoms with van der Waals surface area (Å²) in [6.45, 7) is 10.6. The molecule has 1 atom stereocenters. The van der Waals surface area contributed by atoms with Gasteiger partial charge in [0, 0.05) is 25.7 Å². The SMILES string of the molecule is Cc1ccc(Oc2c(CN(CC(O)COCC(C)C)C3CC3)c(C)nn2-c2ccccc2)cc1. The molecule has 0 bridgehead atoms. The first-order valence-electron chi connectivity index (χ1n) is 12.3. The second-order valence-electron chi connectivity index (χ2n) is 9.78. The van der Waals surface area contributed by atoms with Crippen LogP contribution >= 0.6 is 0 Å². The minimum Gasteiger partial charge on any atom is -0.439 e. The van der Waals surface area contributed by atoms with Crippen LogP contribution in [-0.2, 0) is 11.3 Å². The van der Waals surface area contributed by atoms with E-state index in [9.17, 15) is 5.11 Å². The molecule has 6 nitrogen and oxygen atoms in total. The molecule has 1 fully saturated rings. The predicted molar refractivity (Wildman–Crippen MR) is 135 cm³/mol. The fourth-order valence-corrected chi connectivity index (χ4v) is 4.04. The zero-order chi connectivity index (χ0) is 24.1. The van der Waals surface area contributed by atoms with Crippen LogP contribution in [-0.4, -0.2) is 51.7 Å². The molecule has 0 spiro atoms. The molecule has 34 heavy (non-hydrogen) atoms. The van der Waals surface area contributed by atoms with E-state index in [4.69, 9.17) is 14.6 Å². The minimum absolute atomic E-state index is 0.358. The van der Waals surface area contributed by atoms with Gasteiger partial charge in [-0.2, -0.15) is 5.10 Å². The van der Waals surface area contributed by atoms with Crippen molar-refractivity contribution in [3.05, 3.63) is 71.4 Å². The molecule has 1 aliphatic carbocycles. The lowest BCUT2D eigenvalue weighted by Crippen LogP contribution is -2.36. The number of ether oxygens (including phenoxy) is 2. The maximum Gasteiger partial charge on any atom is 0.227 e.